The lowest BCUT2D eigenvalue weighted by molar-refractivity contribution is 0.366. The smallest absolute Gasteiger partial charge is 0.163 e. The molecule has 0 spiro atoms. The molecule has 0 amide bonds. The Morgan fingerprint density at radius 3 is 2.60 bits per heavy atom. The Balaban J connectivity index is 1.82. The highest BCUT2D eigenvalue weighted by molar-refractivity contribution is 5.86. The predicted octanol–water partition coefficient (Wildman–Crippen LogP) is 3.04. The van der Waals surface area contributed by atoms with Crippen LogP contribution in [0.25, 0.3) is 11.0 Å². The zero-order valence-electron chi connectivity index (χ0n) is 14.9. The summed E-state index contributed by atoms with van der Waals surface area (Å²) in [4.78, 5) is 8.72. The minimum atomic E-state index is -0.164. The van der Waals surface area contributed by atoms with E-state index in [1.54, 1.807) is 18.3 Å². The molecule has 0 aliphatic rings. The quantitative estimate of drug-likeness (QED) is 0.631. The lowest BCUT2D eigenvalue weighted by Crippen LogP contribution is -2.23. The number of hydrogen-bond acceptors (Lipinski definition) is 6. The molecule has 7 nitrogen and oxygen atoms in total. The van der Waals surface area contributed by atoms with Crippen molar-refractivity contribution in [2.24, 2.45) is 0 Å². The Labute approximate surface area is 146 Å². The second-order valence-electron chi connectivity index (χ2n) is 7.26. The van der Waals surface area contributed by atoms with Gasteiger partial charge in [0.1, 0.15) is 12.1 Å². The average Bonchev–Trinajstić information content (AvgIpc) is 2.96. The first-order valence-electron chi connectivity index (χ1n) is 8.22. The van der Waals surface area contributed by atoms with E-state index in [9.17, 15) is 10.2 Å². The Hall–Kier alpha value is -2.83. The van der Waals surface area contributed by atoms with Gasteiger partial charge in [-0.2, -0.15) is 5.10 Å². The number of phenolic OH excluding ortho intramolecular Hbond substituents is 2. The first-order valence-corrected chi connectivity index (χ1v) is 8.22. The van der Waals surface area contributed by atoms with Gasteiger partial charge in [-0.3, -0.25) is 0 Å². The fourth-order valence-electron chi connectivity index (χ4n) is 2.78. The molecule has 0 unspecified atom stereocenters. The lowest BCUT2D eigenvalue weighted by Gasteiger charge is -2.20. The van der Waals surface area contributed by atoms with Crippen LogP contribution in [-0.4, -0.2) is 36.0 Å². The maximum atomic E-state index is 9.62. The maximum Gasteiger partial charge on any atom is 0.163 e. The second-order valence-corrected chi connectivity index (χ2v) is 7.26. The van der Waals surface area contributed by atoms with E-state index in [4.69, 9.17) is 0 Å². The van der Waals surface area contributed by atoms with E-state index < -0.39 is 0 Å². The highest BCUT2D eigenvalue weighted by Crippen LogP contribution is 2.27. The summed E-state index contributed by atoms with van der Waals surface area (Å²) in [5.74, 6) is 0.507. The zero-order chi connectivity index (χ0) is 18.2. The van der Waals surface area contributed by atoms with Crippen molar-refractivity contribution in [2.75, 3.05) is 5.32 Å². The van der Waals surface area contributed by atoms with E-state index in [1.807, 2.05) is 11.6 Å². The molecule has 0 aliphatic heterocycles. The SMILES string of the molecule is C[C@@H](Cc1ccc(O)c(O)c1)Nc1ncnc2c1cnn2C(C)(C)C. The second kappa shape index (κ2) is 6.23. The fourth-order valence-corrected chi connectivity index (χ4v) is 2.78. The van der Waals surface area contributed by atoms with Crippen molar-refractivity contribution in [2.45, 2.75) is 45.7 Å². The highest BCUT2D eigenvalue weighted by atomic mass is 16.3. The van der Waals surface area contributed by atoms with Crippen LogP contribution in [0.5, 0.6) is 11.5 Å². The Bertz CT molecular complexity index is 898. The molecule has 0 radical (unpaired) electrons. The van der Waals surface area contributed by atoms with Gasteiger partial charge in [-0.15, -0.1) is 0 Å². The molecule has 0 fully saturated rings. The molecular formula is C18H23N5O2. The summed E-state index contributed by atoms with van der Waals surface area (Å²) in [7, 11) is 0. The van der Waals surface area contributed by atoms with Gasteiger partial charge in [0.05, 0.1) is 17.1 Å². The van der Waals surface area contributed by atoms with Crippen molar-refractivity contribution >= 4 is 16.9 Å². The van der Waals surface area contributed by atoms with Gasteiger partial charge in [0, 0.05) is 6.04 Å². The summed E-state index contributed by atoms with van der Waals surface area (Å²) < 4.78 is 1.89. The van der Waals surface area contributed by atoms with Crippen molar-refractivity contribution in [1.82, 2.24) is 19.7 Å². The van der Waals surface area contributed by atoms with Gasteiger partial charge in [-0.1, -0.05) is 6.07 Å². The summed E-state index contributed by atoms with van der Waals surface area (Å²) in [5, 5.41) is 27.7. The third-order valence-electron chi connectivity index (χ3n) is 3.97. The molecule has 25 heavy (non-hydrogen) atoms. The lowest BCUT2D eigenvalue weighted by atomic mass is 10.1. The fraction of sp³-hybridized carbons (Fsp3) is 0.389. The molecule has 3 aromatic rings. The predicted molar refractivity (Wildman–Crippen MR) is 96.9 cm³/mol. The van der Waals surface area contributed by atoms with Crippen LogP contribution in [0.1, 0.15) is 33.3 Å². The summed E-state index contributed by atoms with van der Waals surface area (Å²) >= 11 is 0. The average molecular weight is 341 g/mol. The van der Waals surface area contributed by atoms with Crippen LogP contribution in [0.4, 0.5) is 5.82 Å². The summed E-state index contributed by atoms with van der Waals surface area (Å²) in [6.07, 6.45) is 3.99. The zero-order valence-corrected chi connectivity index (χ0v) is 14.9. The number of hydrogen-bond donors (Lipinski definition) is 3. The number of fused-ring (bicyclic) bond motifs is 1. The summed E-state index contributed by atoms with van der Waals surface area (Å²) in [6.45, 7) is 8.27. The molecule has 0 saturated heterocycles. The van der Waals surface area contributed by atoms with E-state index in [2.05, 4.69) is 41.2 Å². The van der Waals surface area contributed by atoms with E-state index >= 15 is 0 Å². The third-order valence-corrected chi connectivity index (χ3v) is 3.97. The molecular weight excluding hydrogens is 318 g/mol. The number of aromatic hydroxyl groups is 2. The molecule has 1 aromatic carbocycles. The van der Waals surface area contributed by atoms with Crippen molar-refractivity contribution in [3.05, 3.63) is 36.3 Å². The molecule has 1 atom stereocenters. The van der Waals surface area contributed by atoms with Gasteiger partial charge in [-0.25, -0.2) is 14.6 Å². The van der Waals surface area contributed by atoms with Crippen LogP contribution in [-0.2, 0) is 12.0 Å². The molecule has 0 aliphatic carbocycles. The van der Waals surface area contributed by atoms with Crippen LogP contribution >= 0.6 is 0 Å². The van der Waals surface area contributed by atoms with Gasteiger partial charge < -0.3 is 15.5 Å². The van der Waals surface area contributed by atoms with Gasteiger partial charge in [0.25, 0.3) is 0 Å². The Kier molecular flexibility index (Phi) is 4.24. The first kappa shape index (κ1) is 17.0. The molecule has 3 N–H and O–H groups in total. The van der Waals surface area contributed by atoms with E-state index in [-0.39, 0.29) is 23.1 Å². The molecule has 2 aromatic heterocycles. The van der Waals surface area contributed by atoms with Crippen LogP contribution < -0.4 is 5.32 Å². The van der Waals surface area contributed by atoms with Crippen molar-refractivity contribution in [3.8, 4) is 11.5 Å². The highest BCUT2D eigenvalue weighted by Gasteiger charge is 2.20. The van der Waals surface area contributed by atoms with Crippen LogP contribution in [0, 0.1) is 0 Å². The van der Waals surface area contributed by atoms with Crippen LogP contribution in [0.3, 0.4) is 0 Å². The summed E-state index contributed by atoms with van der Waals surface area (Å²) in [5.41, 5.74) is 1.55. The van der Waals surface area contributed by atoms with Gasteiger partial charge in [0.15, 0.2) is 17.1 Å². The van der Waals surface area contributed by atoms with Crippen molar-refractivity contribution in [1.29, 1.82) is 0 Å². The number of benzene rings is 1. The number of nitrogens with zero attached hydrogens (tertiary/aromatic N) is 4. The summed E-state index contributed by atoms with van der Waals surface area (Å²) in [6, 6.07) is 4.93. The van der Waals surface area contributed by atoms with Gasteiger partial charge in [0.2, 0.25) is 0 Å². The number of anilines is 1. The molecule has 2 heterocycles. The number of nitrogens with one attached hydrogen (secondary N) is 1. The topological polar surface area (TPSA) is 96.1 Å². The van der Waals surface area contributed by atoms with E-state index in [0.717, 1.165) is 22.4 Å². The number of rotatable bonds is 4. The van der Waals surface area contributed by atoms with Crippen LogP contribution in [0.2, 0.25) is 0 Å². The first-order chi connectivity index (χ1) is 11.8. The maximum absolute atomic E-state index is 9.62. The molecule has 7 heteroatoms. The van der Waals surface area contributed by atoms with Gasteiger partial charge >= 0.3 is 0 Å². The third kappa shape index (κ3) is 3.50. The minimum Gasteiger partial charge on any atom is -0.504 e. The largest absolute Gasteiger partial charge is 0.504 e. The molecule has 0 saturated carbocycles. The van der Waals surface area contributed by atoms with Crippen molar-refractivity contribution in [3.63, 3.8) is 0 Å². The normalized spacial score (nSPS) is 13.1. The van der Waals surface area contributed by atoms with Crippen molar-refractivity contribution < 1.29 is 10.2 Å². The Morgan fingerprint density at radius 1 is 1.16 bits per heavy atom. The monoisotopic (exact) mass is 341 g/mol. The number of aromatic nitrogens is 4. The Morgan fingerprint density at radius 2 is 1.92 bits per heavy atom. The molecule has 132 valence electrons. The minimum absolute atomic E-state index is 0.0695. The van der Waals surface area contributed by atoms with E-state index in [1.165, 1.54) is 12.4 Å². The molecule has 0 bridgehead atoms. The molecule has 3 rings (SSSR count). The number of phenols is 2. The standard InChI is InChI=1S/C18H23N5O2/c1-11(7-12-5-6-14(24)15(25)8-12)22-16-13-9-21-23(18(2,3)4)17(13)20-10-19-16/h5-6,8-11,24-25H,7H2,1-4H3,(H,19,20,22)/t11-/m0/s1. The van der Waals surface area contributed by atoms with E-state index in [0.29, 0.717) is 6.42 Å². The van der Waals surface area contributed by atoms with Gasteiger partial charge in [-0.05, 0) is 51.8 Å². The van der Waals surface area contributed by atoms with Crippen LogP contribution in [0.15, 0.2) is 30.7 Å².